The number of hydrogen-bond acceptors (Lipinski definition) is 4. The Balaban J connectivity index is 2.67. The minimum absolute atomic E-state index is 0.00723. The first-order valence-corrected chi connectivity index (χ1v) is 7.46. The quantitative estimate of drug-likeness (QED) is 0.797. The normalized spacial score (nSPS) is 10.9. The highest BCUT2D eigenvalue weighted by Gasteiger charge is 2.19. The summed E-state index contributed by atoms with van der Waals surface area (Å²) in [6.07, 6.45) is 2.22. The second-order valence-corrected chi connectivity index (χ2v) is 4.82. The van der Waals surface area contributed by atoms with Crippen LogP contribution in [0.25, 0.3) is 0 Å². The Morgan fingerprint density at radius 1 is 1.24 bits per heavy atom. The Morgan fingerprint density at radius 3 is 2.48 bits per heavy atom. The van der Waals surface area contributed by atoms with Gasteiger partial charge in [-0.05, 0) is 39.0 Å². The van der Waals surface area contributed by atoms with E-state index in [0.29, 0.717) is 13.1 Å². The molecule has 0 radical (unpaired) electrons. The zero-order chi connectivity index (χ0) is 15.8. The van der Waals surface area contributed by atoms with Crippen molar-refractivity contribution in [1.82, 2.24) is 14.8 Å². The molecule has 1 rings (SSSR count). The molecule has 1 aromatic heterocycles. The van der Waals surface area contributed by atoms with E-state index in [1.54, 1.807) is 4.90 Å². The minimum atomic E-state index is -0.732. The van der Waals surface area contributed by atoms with Gasteiger partial charge in [-0.3, -0.25) is 4.79 Å². The van der Waals surface area contributed by atoms with Crippen LogP contribution in [0.4, 0.5) is 10.2 Å². The number of rotatable bonds is 8. The summed E-state index contributed by atoms with van der Waals surface area (Å²) in [5.41, 5.74) is 5.41. The Bertz CT molecular complexity index is 463. The van der Waals surface area contributed by atoms with Crippen molar-refractivity contribution in [2.45, 2.75) is 27.2 Å². The molecular weight excluding hydrogens is 271 g/mol. The molecule has 6 heteroatoms. The molecule has 1 aromatic rings. The van der Waals surface area contributed by atoms with Crippen molar-refractivity contribution in [2.75, 3.05) is 38.5 Å². The van der Waals surface area contributed by atoms with E-state index >= 15 is 0 Å². The number of pyridine rings is 1. The fraction of sp³-hybridized carbons (Fsp3) is 0.600. The SMILES string of the molecule is CCN(CC)CCCN(CC)C(=O)c1ccnc(N)c1F. The van der Waals surface area contributed by atoms with E-state index < -0.39 is 5.82 Å². The number of carbonyl (C=O) groups is 1. The lowest BCUT2D eigenvalue weighted by Gasteiger charge is -2.24. The summed E-state index contributed by atoms with van der Waals surface area (Å²) >= 11 is 0. The highest BCUT2D eigenvalue weighted by atomic mass is 19.1. The summed E-state index contributed by atoms with van der Waals surface area (Å²) in [4.78, 5) is 19.9. The molecular formula is C15H25FN4O. The molecule has 0 bridgehead atoms. The van der Waals surface area contributed by atoms with Gasteiger partial charge in [-0.15, -0.1) is 0 Å². The standard InChI is InChI=1S/C15H25FN4O/c1-4-19(5-2)10-7-11-20(6-3)15(21)12-8-9-18-14(17)13(12)16/h8-9H,4-7,10-11H2,1-3H3,(H2,17,18). The van der Waals surface area contributed by atoms with Crippen LogP contribution in [0.15, 0.2) is 12.3 Å². The fourth-order valence-electron chi connectivity index (χ4n) is 2.22. The summed E-state index contributed by atoms with van der Waals surface area (Å²) < 4.78 is 13.9. The van der Waals surface area contributed by atoms with Crippen LogP contribution in [0.5, 0.6) is 0 Å². The summed E-state index contributed by atoms with van der Waals surface area (Å²) in [5, 5.41) is 0. The second kappa shape index (κ2) is 8.56. The third kappa shape index (κ3) is 4.67. The summed E-state index contributed by atoms with van der Waals surface area (Å²) in [6, 6.07) is 1.38. The monoisotopic (exact) mass is 296 g/mol. The molecule has 0 saturated carbocycles. The molecule has 1 heterocycles. The lowest BCUT2D eigenvalue weighted by molar-refractivity contribution is 0.0752. The van der Waals surface area contributed by atoms with Crippen LogP contribution in [0.3, 0.4) is 0 Å². The summed E-state index contributed by atoms with van der Waals surface area (Å²) in [5.74, 6) is -1.30. The maximum absolute atomic E-state index is 13.9. The van der Waals surface area contributed by atoms with E-state index in [1.165, 1.54) is 12.3 Å². The molecule has 1 amide bonds. The van der Waals surface area contributed by atoms with Crippen LogP contribution < -0.4 is 5.73 Å². The molecule has 0 aliphatic heterocycles. The van der Waals surface area contributed by atoms with E-state index in [9.17, 15) is 9.18 Å². The van der Waals surface area contributed by atoms with Crippen molar-refractivity contribution in [1.29, 1.82) is 0 Å². The lowest BCUT2D eigenvalue weighted by atomic mass is 10.2. The first-order valence-electron chi connectivity index (χ1n) is 7.46. The van der Waals surface area contributed by atoms with Crippen LogP contribution >= 0.6 is 0 Å². The van der Waals surface area contributed by atoms with Gasteiger partial charge in [0.2, 0.25) is 0 Å². The number of hydrogen-bond donors (Lipinski definition) is 1. The van der Waals surface area contributed by atoms with E-state index in [-0.39, 0.29) is 17.3 Å². The molecule has 0 aliphatic rings. The van der Waals surface area contributed by atoms with Gasteiger partial charge in [0.25, 0.3) is 5.91 Å². The van der Waals surface area contributed by atoms with Gasteiger partial charge in [0.1, 0.15) is 0 Å². The van der Waals surface area contributed by atoms with Gasteiger partial charge in [0.05, 0.1) is 5.56 Å². The van der Waals surface area contributed by atoms with Crippen LogP contribution in [0.2, 0.25) is 0 Å². The van der Waals surface area contributed by atoms with Gasteiger partial charge in [-0.2, -0.15) is 0 Å². The number of amides is 1. The molecule has 0 unspecified atom stereocenters. The number of anilines is 1. The predicted molar refractivity (Wildman–Crippen MR) is 82.6 cm³/mol. The fourth-order valence-corrected chi connectivity index (χ4v) is 2.22. The van der Waals surface area contributed by atoms with Gasteiger partial charge < -0.3 is 15.5 Å². The van der Waals surface area contributed by atoms with Crippen LogP contribution in [-0.4, -0.2) is 53.4 Å². The summed E-state index contributed by atoms with van der Waals surface area (Å²) in [6.45, 7) is 10.2. The lowest BCUT2D eigenvalue weighted by Crippen LogP contribution is -2.35. The molecule has 0 aliphatic carbocycles. The minimum Gasteiger partial charge on any atom is -0.381 e. The topological polar surface area (TPSA) is 62.5 Å². The Hall–Kier alpha value is -1.69. The van der Waals surface area contributed by atoms with Crippen LogP contribution in [-0.2, 0) is 0 Å². The zero-order valence-corrected chi connectivity index (χ0v) is 13.1. The van der Waals surface area contributed by atoms with E-state index in [4.69, 9.17) is 5.73 Å². The van der Waals surface area contributed by atoms with E-state index in [0.717, 1.165) is 26.1 Å². The van der Waals surface area contributed by atoms with Gasteiger partial charge in [-0.25, -0.2) is 9.37 Å². The van der Waals surface area contributed by atoms with E-state index in [1.807, 2.05) is 6.92 Å². The number of nitrogen functional groups attached to an aromatic ring is 1. The molecule has 0 aromatic carbocycles. The van der Waals surface area contributed by atoms with Crippen LogP contribution in [0, 0.1) is 5.82 Å². The number of aromatic nitrogens is 1. The Morgan fingerprint density at radius 2 is 1.90 bits per heavy atom. The molecule has 118 valence electrons. The Labute approximate surface area is 125 Å². The molecule has 0 atom stereocenters. The van der Waals surface area contributed by atoms with Gasteiger partial charge in [-0.1, -0.05) is 13.8 Å². The molecule has 0 spiro atoms. The highest BCUT2D eigenvalue weighted by Crippen LogP contribution is 2.14. The molecule has 0 fully saturated rings. The van der Waals surface area contributed by atoms with Crippen molar-refractivity contribution >= 4 is 11.7 Å². The molecule has 5 nitrogen and oxygen atoms in total. The van der Waals surface area contributed by atoms with Crippen molar-refractivity contribution < 1.29 is 9.18 Å². The second-order valence-electron chi connectivity index (χ2n) is 4.82. The average molecular weight is 296 g/mol. The largest absolute Gasteiger partial charge is 0.381 e. The molecule has 0 saturated heterocycles. The van der Waals surface area contributed by atoms with Crippen molar-refractivity contribution in [3.05, 3.63) is 23.6 Å². The van der Waals surface area contributed by atoms with E-state index in [2.05, 4.69) is 23.7 Å². The van der Waals surface area contributed by atoms with Gasteiger partial charge >= 0.3 is 0 Å². The number of nitrogens with two attached hydrogens (primary N) is 1. The first-order chi connectivity index (χ1) is 10.0. The third-order valence-corrected chi connectivity index (χ3v) is 3.61. The maximum atomic E-state index is 13.9. The van der Waals surface area contributed by atoms with Crippen LogP contribution in [0.1, 0.15) is 37.6 Å². The number of carbonyl (C=O) groups excluding carboxylic acids is 1. The zero-order valence-electron chi connectivity index (χ0n) is 13.1. The predicted octanol–water partition coefficient (Wildman–Crippen LogP) is 2.00. The van der Waals surface area contributed by atoms with Crippen molar-refractivity contribution in [3.63, 3.8) is 0 Å². The number of nitrogens with zero attached hydrogens (tertiary/aromatic N) is 3. The van der Waals surface area contributed by atoms with Crippen molar-refractivity contribution in [3.8, 4) is 0 Å². The average Bonchev–Trinajstić information content (AvgIpc) is 2.50. The van der Waals surface area contributed by atoms with Gasteiger partial charge in [0.15, 0.2) is 11.6 Å². The maximum Gasteiger partial charge on any atom is 0.257 e. The molecule has 2 N–H and O–H groups in total. The smallest absolute Gasteiger partial charge is 0.257 e. The van der Waals surface area contributed by atoms with Gasteiger partial charge in [0, 0.05) is 19.3 Å². The first kappa shape index (κ1) is 17.4. The molecule has 21 heavy (non-hydrogen) atoms. The highest BCUT2D eigenvalue weighted by molar-refractivity contribution is 5.95. The summed E-state index contributed by atoms with van der Waals surface area (Å²) in [7, 11) is 0. The number of halogens is 1. The third-order valence-electron chi connectivity index (χ3n) is 3.61. The Kier molecular flexibility index (Phi) is 7.08. The van der Waals surface area contributed by atoms with Crippen molar-refractivity contribution in [2.24, 2.45) is 0 Å².